The van der Waals surface area contributed by atoms with Gasteiger partial charge < -0.3 is 9.47 Å². The number of benzene rings is 2. The second-order valence-electron chi connectivity index (χ2n) is 5.61. The zero-order valence-corrected chi connectivity index (χ0v) is 15.5. The van der Waals surface area contributed by atoms with Gasteiger partial charge in [0.25, 0.3) is 0 Å². The van der Waals surface area contributed by atoms with E-state index in [4.69, 9.17) is 9.47 Å². The third-order valence-corrected chi connectivity index (χ3v) is 5.43. The van der Waals surface area contributed by atoms with Crippen LogP contribution in [-0.4, -0.2) is 22.6 Å². The molecule has 0 aromatic heterocycles. The molecule has 5 nitrogen and oxygen atoms in total. The Morgan fingerprint density at radius 2 is 1.72 bits per heavy atom. The Morgan fingerprint density at radius 1 is 1.08 bits per heavy atom. The predicted molar refractivity (Wildman–Crippen MR) is 94.0 cm³/mol. The van der Waals surface area contributed by atoms with Gasteiger partial charge in [0, 0.05) is 6.04 Å². The Kier molecular flexibility index (Phi) is 6.02. The lowest BCUT2D eigenvalue weighted by Crippen LogP contribution is -2.28. The fraction of sp³-hybridized carbons (Fsp3) is 0.333. The van der Waals surface area contributed by atoms with E-state index in [9.17, 15) is 12.8 Å². The fourth-order valence-electron chi connectivity index (χ4n) is 2.58. The minimum absolute atomic E-state index is 0.00299. The van der Waals surface area contributed by atoms with Gasteiger partial charge >= 0.3 is 0 Å². The van der Waals surface area contributed by atoms with Crippen LogP contribution in [0.5, 0.6) is 11.5 Å². The first-order chi connectivity index (χ1) is 11.8. The van der Waals surface area contributed by atoms with Gasteiger partial charge in [-0.25, -0.2) is 17.5 Å². The highest BCUT2D eigenvalue weighted by molar-refractivity contribution is 7.89. The molecule has 7 heteroatoms. The molecular formula is C18H22FNO4S. The molecule has 0 amide bonds. The summed E-state index contributed by atoms with van der Waals surface area (Å²) in [4.78, 5) is -0.144. The van der Waals surface area contributed by atoms with E-state index < -0.39 is 21.9 Å². The maximum Gasteiger partial charge on any atom is 0.241 e. The lowest BCUT2D eigenvalue weighted by Gasteiger charge is -2.19. The molecule has 0 aliphatic carbocycles. The molecule has 136 valence electrons. The summed E-state index contributed by atoms with van der Waals surface area (Å²) in [5, 5.41) is 0. The van der Waals surface area contributed by atoms with E-state index in [1.165, 1.54) is 19.2 Å². The molecule has 0 radical (unpaired) electrons. The van der Waals surface area contributed by atoms with Crippen molar-refractivity contribution in [2.45, 2.75) is 31.2 Å². The molecule has 2 aromatic carbocycles. The Bertz CT molecular complexity index is 852. The number of aryl methyl sites for hydroxylation is 1. The van der Waals surface area contributed by atoms with E-state index in [0.29, 0.717) is 6.42 Å². The van der Waals surface area contributed by atoms with E-state index >= 15 is 0 Å². The smallest absolute Gasteiger partial charge is 0.241 e. The molecule has 0 aliphatic rings. The van der Waals surface area contributed by atoms with Crippen molar-refractivity contribution in [2.24, 2.45) is 0 Å². The minimum Gasteiger partial charge on any atom is -0.496 e. The van der Waals surface area contributed by atoms with Crippen molar-refractivity contribution in [3.8, 4) is 11.5 Å². The van der Waals surface area contributed by atoms with E-state index in [0.717, 1.165) is 22.9 Å². The number of sulfonamides is 1. The van der Waals surface area contributed by atoms with Crippen molar-refractivity contribution in [2.75, 3.05) is 14.2 Å². The maximum absolute atomic E-state index is 13.8. The van der Waals surface area contributed by atoms with Crippen molar-refractivity contribution in [1.82, 2.24) is 4.72 Å². The first-order valence-corrected chi connectivity index (χ1v) is 9.31. The molecule has 2 rings (SSSR count). The minimum atomic E-state index is -3.87. The van der Waals surface area contributed by atoms with Crippen LogP contribution in [0.15, 0.2) is 41.3 Å². The number of methoxy groups -OCH3 is 2. The highest BCUT2D eigenvalue weighted by Crippen LogP contribution is 2.27. The van der Waals surface area contributed by atoms with Crippen LogP contribution in [0.4, 0.5) is 4.39 Å². The topological polar surface area (TPSA) is 64.6 Å². The van der Waals surface area contributed by atoms with Gasteiger partial charge in [-0.05, 0) is 48.7 Å². The van der Waals surface area contributed by atoms with Crippen LogP contribution in [0, 0.1) is 12.7 Å². The zero-order chi connectivity index (χ0) is 18.6. The molecule has 0 saturated carbocycles. The molecule has 1 atom stereocenters. The Hall–Kier alpha value is -2.12. The summed E-state index contributed by atoms with van der Waals surface area (Å²) >= 11 is 0. The van der Waals surface area contributed by atoms with Crippen LogP contribution in [0.25, 0.3) is 0 Å². The second kappa shape index (κ2) is 7.84. The predicted octanol–water partition coefficient (Wildman–Crippen LogP) is 3.58. The van der Waals surface area contributed by atoms with E-state index in [1.54, 1.807) is 13.2 Å². The molecular weight excluding hydrogens is 345 g/mol. The van der Waals surface area contributed by atoms with Gasteiger partial charge in [0.1, 0.15) is 5.75 Å². The van der Waals surface area contributed by atoms with Crippen LogP contribution >= 0.6 is 0 Å². The van der Waals surface area contributed by atoms with Crippen molar-refractivity contribution in [3.05, 3.63) is 53.3 Å². The summed E-state index contributed by atoms with van der Waals surface area (Å²) < 4.78 is 51.7. The third-order valence-electron chi connectivity index (χ3n) is 3.96. The Labute approximate surface area is 147 Å². The van der Waals surface area contributed by atoms with Gasteiger partial charge in [-0.3, -0.25) is 0 Å². The number of rotatable bonds is 7. The van der Waals surface area contributed by atoms with Crippen LogP contribution in [-0.2, 0) is 10.0 Å². The largest absolute Gasteiger partial charge is 0.496 e. The average Bonchev–Trinajstić information content (AvgIpc) is 2.59. The maximum atomic E-state index is 13.8. The monoisotopic (exact) mass is 367 g/mol. The molecule has 0 bridgehead atoms. The molecule has 0 fully saturated rings. The highest BCUT2D eigenvalue weighted by atomic mass is 32.2. The first-order valence-electron chi connectivity index (χ1n) is 7.82. The summed E-state index contributed by atoms with van der Waals surface area (Å²) in [6.45, 7) is 3.77. The standard InChI is InChI=1S/C18H22FNO4S/c1-5-16(13-6-8-17(23-3)12(2)10-13)20-25(21,22)14-7-9-18(24-4)15(19)11-14/h6-11,16,20H,5H2,1-4H3/t16-/m0/s1. The summed E-state index contributed by atoms with van der Waals surface area (Å²) in [5.41, 5.74) is 1.73. The third kappa shape index (κ3) is 4.29. The summed E-state index contributed by atoms with van der Waals surface area (Å²) in [7, 11) is -0.966. The number of hydrogen-bond donors (Lipinski definition) is 1. The first kappa shape index (κ1) is 19.2. The Balaban J connectivity index is 2.31. The molecule has 25 heavy (non-hydrogen) atoms. The number of ether oxygens (including phenoxy) is 2. The molecule has 0 aliphatic heterocycles. The van der Waals surface area contributed by atoms with Gasteiger partial charge in [0.15, 0.2) is 11.6 Å². The van der Waals surface area contributed by atoms with Gasteiger partial charge in [-0.2, -0.15) is 0 Å². The SMILES string of the molecule is CC[C@H](NS(=O)(=O)c1ccc(OC)c(F)c1)c1ccc(OC)c(C)c1. The molecule has 1 N–H and O–H groups in total. The van der Waals surface area contributed by atoms with Crippen molar-refractivity contribution in [3.63, 3.8) is 0 Å². The van der Waals surface area contributed by atoms with E-state index in [2.05, 4.69) is 4.72 Å². The quantitative estimate of drug-likeness (QED) is 0.812. The highest BCUT2D eigenvalue weighted by Gasteiger charge is 2.22. The number of nitrogens with one attached hydrogen (secondary N) is 1. The van der Waals surface area contributed by atoms with Crippen LogP contribution in [0.1, 0.15) is 30.5 Å². The average molecular weight is 367 g/mol. The molecule has 2 aromatic rings. The van der Waals surface area contributed by atoms with Gasteiger partial charge in [0.2, 0.25) is 10.0 Å². The zero-order valence-electron chi connectivity index (χ0n) is 14.7. The second-order valence-corrected chi connectivity index (χ2v) is 7.32. The molecule has 0 saturated heterocycles. The van der Waals surface area contributed by atoms with Crippen molar-refractivity contribution in [1.29, 1.82) is 0 Å². The summed E-state index contributed by atoms with van der Waals surface area (Å²) in [6, 6.07) is 8.63. The fourth-order valence-corrected chi connectivity index (χ4v) is 3.89. The van der Waals surface area contributed by atoms with Gasteiger partial charge in [0.05, 0.1) is 19.1 Å². The van der Waals surface area contributed by atoms with Gasteiger partial charge in [-0.1, -0.05) is 19.1 Å². The lowest BCUT2D eigenvalue weighted by molar-refractivity contribution is 0.385. The number of halogens is 1. The van der Waals surface area contributed by atoms with E-state index in [-0.39, 0.29) is 10.6 Å². The molecule has 0 heterocycles. The Morgan fingerprint density at radius 3 is 2.24 bits per heavy atom. The van der Waals surface area contributed by atoms with Crippen molar-refractivity contribution < 1.29 is 22.3 Å². The summed E-state index contributed by atoms with van der Waals surface area (Å²) in [5.74, 6) is 0.00849. The molecule has 0 spiro atoms. The number of hydrogen-bond acceptors (Lipinski definition) is 4. The summed E-state index contributed by atoms with van der Waals surface area (Å²) in [6.07, 6.45) is 0.545. The van der Waals surface area contributed by atoms with Crippen LogP contribution in [0.3, 0.4) is 0 Å². The lowest BCUT2D eigenvalue weighted by atomic mass is 10.0. The van der Waals surface area contributed by atoms with Crippen LogP contribution in [0.2, 0.25) is 0 Å². The van der Waals surface area contributed by atoms with Crippen molar-refractivity contribution >= 4 is 10.0 Å². The van der Waals surface area contributed by atoms with Crippen LogP contribution < -0.4 is 14.2 Å². The van der Waals surface area contributed by atoms with E-state index in [1.807, 2.05) is 26.0 Å². The normalized spacial score (nSPS) is 12.7. The van der Waals surface area contributed by atoms with Gasteiger partial charge in [-0.15, -0.1) is 0 Å². The molecule has 0 unspecified atom stereocenters.